The second-order valence-corrected chi connectivity index (χ2v) is 28.5. The summed E-state index contributed by atoms with van der Waals surface area (Å²) in [5, 5.41) is 0. The van der Waals surface area contributed by atoms with Crippen LogP contribution >= 0.6 is 0 Å². The van der Waals surface area contributed by atoms with Crippen molar-refractivity contribution in [3.63, 3.8) is 0 Å². The molecule has 0 aromatic heterocycles. The van der Waals surface area contributed by atoms with Crippen molar-refractivity contribution < 1.29 is 0 Å². The highest BCUT2D eigenvalue weighted by Crippen LogP contribution is 2.44. The Morgan fingerprint density at radius 3 is 0.519 bits per heavy atom. The molecule has 0 spiro atoms. The first-order valence-corrected chi connectivity index (χ1v) is 38.8. The highest BCUT2D eigenvalue weighted by Gasteiger charge is 2.22. The minimum Gasteiger partial charge on any atom is -0.311 e. The Bertz CT molecular complexity index is 4550. The summed E-state index contributed by atoms with van der Waals surface area (Å²) in [7, 11) is 0. The maximum Gasteiger partial charge on any atom is 0.0462 e. The fourth-order valence-electron chi connectivity index (χ4n) is 15.5. The van der Waals surface area contributed by atoms with Crippen LogP contribution in [-0.2, 0) is 12.8 Å². The van der Waals surface area contributed by atoms with Gasteiger partial charge in [0.1, 0.15) is 0 Å². The molecule has 0 aliphatic carbocycles. The third kappa shape index (κ3) is 16.4. The van der Waals surface area contributed by atoms with Gasteiger partial charge in [0.2, 0.25) is 0 Å². The molecular formula is C104H94N2. The van der Waals surface area contributed by atoms with Crippen LogP contribution in [0.25, 0.3) is 66.8 Å². The molecular weight excluding hydrogens is 1280 g/mol. The third-order valence-corrected chi connectivity index (χ3v) is 21.3. The molecule has 0 amide bonds. The number of hydrogen-bond donors (Lipinski definition) is 0. The molecule has 14 aromatic carbocycles. The van der Waals surface area contributed by atoms with E-state index in [1.54, 1.807) is 0 Å². The van der Waals surface area contributed by atoms with Crippen molar-refractivity contribution in [3.05, 3.63) is 420 Å². The summed E-state index contributed by atoms with van der Waals surface area (Å²) in [6.45, 7) is 4.58. The van der Waals surface area contributed by atoms with E-state index in [0.717, 1.165) is 136 Å². The highest BCUT2D eigenvalue weighted by molar-refractivity contribution is 6.06. The van der Waals surface area contributed by atoms with Crippen LogP contribution in [0.1, 0.15) is 147 Å². The van der Waals surface area contributed by atoms with E-state index in [2.05, 4.69) is 388 Å². The van der Waals surface area contributed by atoms with Gasteiger partial charge in [-0.2, -0.15) is 0 Å². The maximum atomic E-state index is 2.41. The normalized spacial score (nSPS) is 12.3. The monoisotopic (exact) mass is 1370 g/mol. The zero-order valence-corrected chi connectivity index (χ0v) is 61.4. The van der Waals surface area contributed by atoms with Crippen LogP contribution in [0.5, 0.6) is 0 Å². The van der Waals surface area contributed by atoms with E-state index in [4.69, 9.17) is 0 Å². The second kappa shape index (κ2) is 34.2. The molecule has 13 heterocycles. The molecule has 13 aliphatic heterocycles. The van der Waals surface area contributed by atoms with Crippen molar-refractivity contribution in [2.24, 2.45) is 0 Å². The lowest BCUT2D eigenvalue weighted by Gasteiger charge is -2.26. The first-order valence-electron chi connectivity index (χ1n) is 38.8. The van der Waals surface area contributed by atoms with Gasteiger partial charge in [0, 0.05) is 34.1 Å². The molecule has 520 valence electrons. The first kappa shape index (κ1) is 69.9. The molecule has 2 heteroatoms. The molecule has 2 nitrogen and oxygen atoms in total. The lowest BCUT2D eigenvalue weighted by Crippen LogP contribution is -2.10. The Hall–Kier alpha value is -11.8. The van der Waals surface area contributed by atoms with Crippen LogP contribution in [0.15, 0.2) is 364 Å². The standard InChI is InChI=1S/C104H94N2/c1-3-5-7-9-11-17-27-77-37-65-95(66-38-77)105-97-69-57-83(58-70-97)79-41-49-91(50-42-79)101(87-29-19-13-20-30-87)103(89-33-23-15-24-34-89)93-53-45-81(46-54-93)85-61-73-99(74-62-85)106(96-67-39-78(40-68-96)28-18-12-10-8-6-4-2)100-75-63-86(64-76-100)82-47-55-94(56-48-82)104(90-35-25-16-26-36-90)102(88-31-21-14-22-32-88)92-51-43-80(44-52-92)84-59-71-98(105)72-60-84/h13-16,19-26,29-76H,3-12,17-18,27-28H2,1-2H3. The largest absolute Gasteiger partial charge is 0.311 e. The number of anilines is 6. The average molecular weight is 1370 g/mol. The Morgan fingerprint density at radius 2 is 0.311 bits per heavy atom. The Kier molecular flexibility index (Phi) is 22.5. The average Bonchev–Trinajstić information content (AvgIpc) is 0.788. The van der Waals surface area contributed by atoms with Crippen LogP contribution in [0.2, 0.25) is 0 Å². The zero-order valence-electron chi connectivity index (χ0n) is 61.4. The van der Waals surface area contributed by atoms with Crippen molar-refractivity contribution in [1.82, 2.24) is 0 Å². The van der Waals surface area contributed by atoms with Crippen LogP contribution in [0, 0.1) is 0 Å². The lowest BCUT2D eigenvalue weighted by molar-refractivity contribution is 0.607. The molecule has 16 bridgehead atoms. The van der Waals surface area contributed by atoms with Crippen molar-refractivity contribution in [2.75, 3.05) is 9.80 Å². The van der Waals surface area contributed by atoms with Gasteiger partial charge in [-0.25, -0.2) is 0 Å². The van der Waals surface area contributed by atoms with Gasteiger partial charge in [0.05, 0.1) is 0 Å². The third-order valence-electron chi connectivity index (χ3n) is 21.3. The summed E-state index contributed by atoms with van der Waals surface area (Å²) in [6.07, 6.45) is 17.7. The van der Waals surface area contributed by atoms with Gasteiger partial charge in [-0.1, -0.05) is 369 Å². The predicted octanol–water partition coefficient (Wildman–Crippen LogP) is 29.4. The molecule has 0 radical (unpaired) electrons. The van der Waals surface area contributed by atoms with Gasteiger partial charge >= 0.3 is 0 Å². The summed E-state index contributed by atoms with van der Waals surface area (Å²) in [5.74, 6) is 0. The SMILES string of the molecule is CCCCCCCCc1ccc(N2c3ccc(cc3)-c3ccc(cc3)C(c3ccccc3)=C(c3ccccc3)c3ccc(cc3)-c3ccc(cc3)N(c3ccc(CCCCCCCC)cc3)c3ccc(cc3)-c3ccc(cc3)C(c3ccccc3)=C(c3ccccc3)c3ccc(cc3)-c3ccc2cc3)cc1. The first-order chi connectivity index (χ1) is 52.5. The number of unbranched alkanes of at least 4 members (excludes halogenated alkanes) is 10. The van der Waals surface area contributed by atoms with Crippen molar-refractivity contribution >= 4 is 56.4 Å². The Balaban J connectivity index is 0.842. The van der Waals surface area contributed by atoms with Crippen molar-refractivity contribution in [3.8, 4) is 44.5 Å². The minimum atomic E-state index is 1.10. The van der Waals surface area contributed by atoms with E-state index in [1.165, 1.54) is 110 Å². The zero-order chi connectivity index (χ0) is 71.6. The summed E-state index contributed by atoms with van der Waals surface area (Å²) in [5.41, 5.74) is 32.7. The molecule has 27 rings (SSSR count). The summed E-state index contributed by atoms with van der Waals surface area (Å²) in [4.78, 5) is 4.82. The molecule has 0 atom stereocenters. The van der Waals surface area contributed by atoms with Crippen LogP contribution in [0.3, 0.4) is 0 Å². The molecule has 14 aromatic rings. The topological polar surface area (TPSA) is 6.48 Å². The summed E-state index contributed by atoms with van der Waals surface area (Å²) < 4.78 is 0. The Morgan fingerprint density at radius 1 is 0.151 bits per heavy atom. The molecule has 0 fully saturated rings. The van der Waals surface area contributed by atoms with E-state index in [1.807, 2.05) is 0 Å². The molecule has 0 saturated carbocycles. The van der Waals surface area contributed by atoms with Crippen molar-refractivity contribution in [2.45, 2.75) is 104 Å². The van der Waals surface area contributed by atoms with Gasteiger partial charge in [-0.3, -0.25) is 0 Å². The van der Waals surface area contributed by atoms with E-state index >= 15 is 0 Å². The summed E-state index contributed by atoms with van der Waals surface area (Å²) in [6, 6.07) is 136. The quantitative estimate of drug-likeness (QED) is 0.0702. The summed E-state index contributed by atoms with van der Waals surface area (Å²) >= 11 is 0. The number of aryl methyl sites for hydroxylation is 2. The number of rotatable bonds is 20. The van der Waals surface area contributed by atoms with E-state index in [-0.39, 0.29) is 0 Å². The molecule has 13 aliphatic rings. The number of hydrogen-bond acceptors (Lipinski definition) is 2. The van der Waals surface area contributed by atoms with E-state index < -0.39 is 0 Å². The minimum absolute atomic E-state index is 1.10. The fourth-order valence-corrected chi connectivity index (χ4v) is 15.5. The fraction of sp³-hybridized carbons (Fsp3) is 0.154. The van der Waals surface area contributed by atoms with Gasteiger partial charge in [-0.15, -0.1) is 0 Å². The van der Waals surface area contributed by atoms with E-state index in [9.17, 15) is 0 Å². The smallest absolute Gasteiger partial charge is 0.0462 e. The lowest BCUT2D eigenvalue weighted by atomic mass is 9.85. The number of nitrogens with zero attached hydrogens (tertiary/aromatic N) is 2. The highest BCUT2D eigenvalue weighted by atomic mass is 15.1. The van der Waals surface area contributed by atoms with Crippen LogP contribution < -0.4 is 9.80 Å². The predicted molar refractivity (Wildman–Crippen MR) is 454 cm³/mol. The van der Waals surface area contributed by atoms with Crippen LogP contribution in [0.4, 0.5) is 34.1 Å². The molecule has 0 unspecified atom stereocenters. The van der Waals surface area contributed by atoms with Crippen molar-refractivity contribution in [1.29, 1.82) is 0 Å². The Labute approximate surface area is 630 Å². The van der Waals surface area contributed by atoms with Gasteiger partial charge in [0.15, 0.2) is 0 Å². The van der Waals surface area contributed by atoms with Gasteiger partial charge in [0.25, 0.3) is 0 Å². The second-order valence-electron chi connectivity index (χ2n) is 28.5. The van der Waals surface area contributed by atoms with Gasteiger partial charge in [-0.05, 0) is 221 Å². The molecule has 0 saturated heterocycles. The molecule has 106 heavy (non-hydrogen) atoms. The van der Waals surface area contributed by atoms with Crippen LogP contribution in [-0.4, -0.2) is 0 Å². The van der Waals surface area contributed by atoms with E-state index in [0.29, 0.717) is 0 Å². The maximum absolute atomic E-state index is 2.41. The number of benzene rings is 14. The molecule has 0 N–H and O–H groups in total. The van der Waals surface area contributed by atoms with Gasteiger partial charge < -0.3 is 9.80 Å².